The van der Waals surface area contributed by atoms with Gasteiger partial charge in [0.25, 0.3) is 0 Å². The van der Waals surface area contributed by atoms with E-state index in [4.69, 9.17) is 14.3 Å². The van der Waals surface area contributed by atoms with Crippen molar-refractivity contribution in [3.8, 4) is 0 Å². The molecule has 0 unspecified atom stereocenters. The van der Waals surface area contributed by atoms with Gasteiger partial charge < -0.3 is 9.47 Å². The van der Waals surface area contributed by atoms with E-state index < -0.39 is 0 Å². The molecule has 1 saturated carbocycles. The molecule has 274 valence electrons. The topological polar surface area (TPSA) is 30.9 Å². The van der Waals surface area contributed by atoms with Crippen LogP contribution < -0.4 is 0 Å². The summed E-state index contributed by atoms with van der Waals surface area (Å²) in [5.41, 5.74) is 0. The third-order valence-electron chi connectivity index (χ3n) is 9.12. The van der Waals surface area contributed by atoms with Crippen LogP contribution in [0.25, 0.3) is 0 Å². The lowest BCUT2D eigenvalue weighted by Crippen LogP contribution is -2.27. The normalized spacial score (nSPS) is 18.9. The van der Waals surface area contributed by atoms with E-state index in [1.807, 2.05) is 19.2 Å². The quantitative estimate of drug-likeness (QED) is 0.0391. The lowest BCUT2D eigenvalue weighted by atomic mass is 10.1. The monoisotopic (exact) mass is 658 g/mol. The van der Waals surface area contributed by atoms with Gasteiger partial charge in [-0.05, 0) is 77.0 Å². The molecule has 0 aromatic heterocycles. The Bertz CT molecular complexity index is 700. The van der Waals surface area contributed by atoms with Gasteiger partial charge in [0.1, 0.15) is 0 Å². The third kappa shape index (κ3) is 29.4. The standard InChI is InChI=1S/C43H79NO3/c1-5-7-9-11-13-15-17-19-21-23-25-27-29-31-33-35-37-45-42-39-41(47-44(3)4)40-43(42)46-38-36-34-32-30-28-26-24-22-20-18-16-14-12-10-8-6-2/h13-16,19-22,41-43H,5-12,17-18,23-40H2,1-4H3/b15-13-,16-14-,21-19-,22-20-/t41-,42+,43-. The van der Waals surface area contributed by atoms with E-state index in [0.29, 0.717) is 0 Å². The van der Waals surface area contributed by atoms with Crippen LogP contribution in [0.2, 0.25) is 0 Å². The van der Waals surface area contributed by atoms with E-state index in [1.54, 1.807) is 0 Å². The second-order valence-corrected chi connectivity index (χ2v) is 14.0. The fraction of sp³-hybridized carbons (Fsp3) is 0.814. The SMILES string of the molecule is CCCCC/C=C\C/C=C\CCCCCCCCO[C@H]1C[C@@H](ON(C)C)C[C@H]1OCCCCCCCC/C=C\C/C=C\CCCCC. The molecule has 0 amide bonds. The zero-order valence-corrected chi connectivity index (χ0v) is 31.8. The molecule has 0 radical (unpaired) electrons. The van der Waals surface area contributed by atoms with E-state index in [2.05, 4.69) is 62.5 Å². The van der Waals surface area contributed by atoms with Crippen molar-refractivity contribution in [3.63, 3.8) is 0 Å². The van der Waals surface area contributed by atoms with Crippen molar-refractivity contribution in [2.24, 2.45) is 0 Å². The summed E-state index contributed by atoms with van der Waals surface area (Å²) >= 11 is 0. The number of hydrogen-bond donors (Lipinski definition) is 0. The van der Waals surface area contributed by atoms with Gasteiger partial charge in [-0.2, -0.15) is 5.06 Å². The van der Waals surface area contributed by atoms with E-state index in [0.717, 1.165) is 51.7 Å². The molecule has 3 atom stereocenters. The number of rotatable bonds is 34. The third-order valence-corrected chi connectivity index (χ3v) is 9.12. The minimum Gasteiger partial charge on any atom is -0.375 e. The van der Waals surface area contributed by atoms with E-state index in [-0.39, 0.29) is 18.3 Å². The van der Waals surface area contributed by atoms with Gasteiger partial charge in [0, 0.05) is 40.2 Å². The molecule has 0 N–H and O–H groups in total. The van der Waals surface area contributed by atoms with Gasteiger partial charge in [-0.1, -0.05) is 140 Å². The Balaban J connectivity index is 2.04. The minimum absolute atomic E-state index is 0.169. The molecule has 0 spiro atoms. The number of unbranched alkanes of at least 4 members (excludes halogenated alkanes) is 18. The van der Waals surface area contributed by atoms with E-state index in [1.165, 1.54) is 128 Å². The smallest absolute Gasteiger partial charge is 0.0863 e. The molecule has 1 aliphatic carbocycles. The summed E-state index contributed by atoms with van der Waals surface area (Å²) in [5.74, 6) is 0. The maximum atomic E-state index is 6.38. The van der Waals surface area contributed by atoms with Crippen LogP contribution in [0, 0.1) is 0 Å². The van der Waals surface area contributed by atoms with Crippen molar-refractivity contribution in [1.82, 2.24) is 5.06 Å². The van der Waals surface area contributed by atoms with Crippen molar-refractivity contribution in [2.75, 3.05) is 27.3 Å². The zero-order valence-electron chi connectivity index (χ0n) is 31.8. The molecule has 0 aromatic carbocycles. The number of hydroxylamine groups is 2. The molecule has 0 heterocycles. The van der Waals surface area contributed by atoms with Crippen molar-refractivity contribution in [3.05, 3.63) is 48.6 Å². The molecule has 0 aliphatic heterocycles. The molecule has 47 heavy (non-hydrogen) atoms. The summed E-state index contributed by atoms with van der Waals surface area (Å²) in [4.78, 5) is 6.00. The van der Waals surface area contributed by atoms with Crippen LogP contribution in [0.3, 0.4) is 0 Å². The average Bonchev–Trinajstić information content (AvgIpc) is 3.44. The lowest BCUT2D eigenvalue weighted by molar-refractivity contribution is -0.165. The predicted molar refractivity (Wildman–Crippen MR) is 206 cm³/mol. The van der Waals surface area contributed by atoms with Crippen molar-refractivity contribution < 1.29 is 14.3 Å². The first-order valence-electron chi connectivity index (χ1n) is 20.3. The summed E-state index contributed by atoms with van der Waals surface area (Å²) in [6.07, 6.45) is 51.7. The van der Waals surface area contributed by atoms with Gasteiger partial charge in [0.2, 0.25) is 0 Å². The second kappa shape index (κ2) is 34.7. The van der Waals surface area contributed by atoms with Crippen LogP contribution in [-0.2, 0) is 14.3 Å². The Hall–Kier alpha value is -1.20. The Morgan fingerprint density at radius 1 is 0.447 bits per heavy atom. The highest BCUT2D eigenvalue weighted by atomic mass is 16.7. The fourth-order valence-corrected chi connectivity index (χ4v) is 6.30. The average molecular weight is 658 g/mol. The van der Waals surface area contributed by atoms with Crippen LogP contribution in [0.4, 0.5) is 0 Å². The largest absolute Gasteiger partial charge is 0.375 e. The van der Waals surface area contributed by atoms with Gasteiger partial charge in [-0.3, -0.25) is 4.84 Å². The maximum Gasteiger partial charge on any atom is 0.0863 e. The molecule has 4 heteroatoms. The minimum atomic E-state index is 0.169. The van der Waals surface area contributed by atoms with E-state index >= 15 is 0 Å². The van der Waals surface area contributed by atoms with Gasteiger partial charge in [0.15, 0.2) is 0 Å². The molecule has 1 aliphatic rings. The highest BCUT2D eigenvalue weighted by molar-refractivity contribution is 4.93. The number of hydrogen-bond acceptors (Lipinski definition) is 4. The fourth-order valence-electron chi connectivity index (χ4n) is 6.30. The Morgan fingerprint density at radius 3 is 1.15 bits per heavy atom. The van der Waals surface area contributed by atoms with Crippen molar-refractivity contribution >= 4 is 0 Å². The maximum absolute atomic E-state index is 6.38. The lowest BCUT2D eigenvalue weighted by Gasteiger charge is -2.20. The molecule has 1 fully saturated rings. The Kier molecular flexibility index (Phi) is 32.3. The zero-order chi connectivity index (χ0) is 33.9. The first-order valence-corrected chi connectivity index (χ1v) is 20.3. The van der Waals surface area contributed by atoms with Crippen LogP contribution in [-0.4, -0.2) is 50.7 Å². The molecule has 4 nitrogen and oxygen atoms in total. The van der Waals surface area contributed by atoms with Gasteiger partial charge in [-0.15, -0.1) is 0 Å². The Morgan fingerprint density at radius 2 is 0.787 bits per heavy atom. The highest BCUT2D eigenvalue weighted by Crippen LogP contribution is 2.29. The van der Waals surface area contributed by atoms with Gasteiger partial charge in [0.05, 0.1) is 18.3 Å². The van der Waals surface area contributed by atoms with Crippen molar-refractivity contribution in [1.29, 1.82) is 0 Å². The number of ether oxygens (including phenoxy) is 2. The van der Waals surface area contributed by atoms with Crippen LogP contribution in [0.5, 0.6) is 0 Å². The highest BCUT2D eigenvalue weighted by Gasteiger charge is 2.37. The van der Waals surface area contributed by atoms with Crippen LogP contribution in [0.15, 0.2) is 48.6 Å². The molecular formula is C43H79NO3. The molecular weight excluding hydrogens is 578 g/mol. The van der Waals surface area contributed by atoms with E-state index in [9.17, 15) is 0 Å². The van der Waals surface area contributed by atoms with Gasteiger partial charge in [-0.25, -0.2) is 0 Å². The predicted octanol–water partition coefficient (Wildman–Crippen LogP) is 13.0. The number of nitrogens with zero attached hydrogens (tertiary/aromatic N) is 1. The summed E-state index contributed by atoms with van der Waals surface area (Å²) in [6, 6.07) is 0. The second-order valence-electron chi connectivity index (χ2n) is 14.0. The molecule has 0 bridgehead atoms. The van der Waals surface area contributed by atoms with Crippen LogP contribution in [0.1, 0.15) is 181 Å². The number of allylic oxidation sites excluding steroid dienone is 8. The first-order chi connectivity index (χ1) is 23.2. The molecule has 0 aromatic rings. The molecule has 1 rings (SSSR count). The van der Waals surface area contributed by atoms with Gasteiger partial charge >= 0.3 is 0 Å². The summed E-state index contributed by atoms with van der Waals surface area (Å²) in [7, 11) is 3.94. The summed E-state index contributed by atoms with van der Waals surface area (Å²) < 4.78 is 12.8. The molecule has 0 saturated heterocycles. The van der Waals surface area contributed by atoms with Crippen LogP contribution >= 0.6 is 0 Å². The first kappa shape index (κ1) is 43.8. The van der Waals surface area contributed by atoms with Crippen molar-refractivity contribution in [2.45, 2.75) is 199 Å². The summed E-state index contributed by atoms with van der Waals surface area (Å²) in [6.45, 7) is 6.22. The Labute approximate surface area is 293 Å². The summed E-state index contributed by atoms with van der Waals surface area (Å²) in [5, 5.41) is 1.83.